The van der Waals surface area contributed by atoms with Crippen LogP contribution in [0.25, 0.3) is 0 Å². The first kappa shape index (κ1) is 55.8. The van der Waals surface area contributed by atoms with Gasteiger partial charge in [-0.3, -0.25) is 9.59 Å². The van der Waals surface area contributed by atoms with Crippen molar-refractivity contribution in [3.8, 4) is 0 Å². The van der Waals surface area contributed by atoms with Crippen LogP contribution in [-0.4, -0.2) is 25.8 Å². The first-order valence-electron chi connectivity index (χ1n) is 23.0. The summed E-state index contributed by atoms with van der Waals surface area (Å²) in [6.45, 7) is 19.1. The molecule has 334 valence electrons. The van der Waals surface area contributed by atoms with Crippen LogP contribution in [0.15, 0.2) is 142 Å². The van der Waals surface area contributed by atoms with Crippen LogP contribution in [0.3, 0.4) is 0 Å². The van der Waals surface area contributed by atoms with Gasteiger partial charge in [-0.15, -0.1) is 0 Å². The van der Waals surface area contributed by atoms with Crippen molar-refractivity contribution in [2.24, 2.45) is 0 Å². The lowest BCUT2D eigenvalue weighted by Gasteiger charge is -2.19. The Labute approximate surface area is 369 Å². The van der Waals surface area contributed by atoms with E-state index >= 15 is 0 Å². The molecule has 0 radical (unpaired) electrons. The molecule has 4 heteroatoms. The van der Waals surface area contributed by atoms with Crippen molar-refractivity contribution < 1.29 is 19.1 Å². The Kier molecular flexibility index (Phi) is 35.2. The molecule has 0 aromatic carbocycles. The van der Waals surface area contributed by atoms with Crippen molar-refractivity contribution in [1.82, 2.24) is 0 Å². The number of hydrogen-bond acceptors (Lipinski definition) is 4. The monoisotopic (exact) mass is 823 g/mol. The molecule has 0 fully saturated rings. The zero-order chi connectivity index (χ0) is 44.8. The van der Waals surface area contributed by atoms with Crippen LogP contribution >= 0.6 is 0 Å². The SMILES string of the molecule is C/C=C/CC/C=C(\C)CC/C=C(\C)CCC=C(C)C.CCC/C=C/CC/C=C/CC/C=C/CC/C=C/CC/C(C)=C/CC/C(C)=C/CC1=C(C)C(=O)C(OC)=C(OC)C1=O. The number of carbonyl (C=O) groups is 2. The first-order chi connectivity index (χ1) is 28.9. The van der Waals surface area contributed by atoms with Crippen LogP contribution in [0.1, 0.15) is 184 Å². The Morgan fingerprint density at radius 1 is 0.450 bits per heavy atom. The van der Waals surface area contributed by atoms with Gasteiger partial charge in [0.05, 0.1) is 14.2 Å². The maximum Gasteiger partial charge on any atom is 0.228 e. The minimum absolute atomic E-state index is 0.00596. The molecule has 0 bridgehead atoms. The van der Waals surface area contributed by atoms with Gasteiger partial charge in [-0.2, -0.15) is 0 Å². The number of rotatable bonds is 30. The molecule has 0 amide bonds. The number of ether oxygens (including phenoxy) is 2. The van der Waals surface area contributed by atoms with Crippen LogP contribution in [-0.2, 0) is 19.1 Å². The van der Waals surface area contributed by atoms with Crippen LogP contribution in [0.5, 0.6) is 0 Å². The minimum atomic E-state index is -0.283. The second kappa shape index (κ2) is 37.8. The molecule has 1 rings (SSSR count). The van der Waals surface area contributed by atoms with Crippen molar-refractivity contribution in [1.29, 1.82) is 0 Å². The van der Waals surface area contributed by atoms with E-state index < -0.39 is 0 Å². The highest BCUT2D eigenvalue weighted by atomic mass is 16.5. The molecule has 0 aromatic rings. The van der Waals surface area contributed by atoms with E-state index in [0.717, 1.165) is 64.2 Å². The number of unbranched alkanes of at least 4 members (excludes halogenated alkanes) is 5. The molecule has 4 nitrogen and oxygen atoms in total. The second-order valence-corrected chi connectivity index (χ2v) is 16.2. The van der Waals surface area contributed by atoms with E-state index in [0.29, 0.717) is 17.6 Å². The van der Waals surface area contributed by atoms with Gasteiger partial charge in [0.25, 0.3) is 0 Å². The number of allylic oxidation sites excluding steroid dienone is 22. The third kappa shape index (κ3) is 29.1. The molecule has 0 heterocycles. The van der Waals surface area contributed by atoms with Gasteiger partial charge in [-0.05, 0) is 171 Å². The van der Waals surface area contributed by atoms with Crippen LogP contribution < -0.4 is 0 Å². The lowest BCUT2D eigenvalue weighted by molar-refractivity contribution is -0.121. The maximum absolute atomic E-state index is 12.8. The fourth-order valence-corrected chi connectivity index (χ4v) is 6.39. The Morgan fingerprint density at radius 3 is 1.25 bits per heavy atom. The van der Waals surface area contributed by atoms with Crippen molar-refractivity contribution in [2.75, 3.05) is 14.2 Å². The quantitative estimate of drug-likeness (QED) is 0.0411. The number of Topliss-reactive ketones (excluding diaryl/α,β-unsaturated/α-hetero) is 2. The van der Waals surface area contributed by atoms with Crippen LogP contribution in [0, 0.1) is 0 Å². The van der Waals surface area contributed by atoms with Crippen molar-refractivity contribution in [3.63, 3.8) is 0 Å². The normalized spacial score (nSPS) is 14.8. The molecular formula is C56H86O4. The molecule has 0 saturated heterocycles. The van der Waals surface area contributed by atoms with Crippen molar-refractivity contribution in [2.45, 2.75) is 184 Å². The predicted octanol–water partition coefficient (Wildman–Crippen LogP) is 16.9. The van der Waals surface area contributed by atoms with Gasteiger partial charge in [0.1, 0.15) is 0 Å². The van der Waals surface area contributed by atoms with E-state index in [1.807, 2.05) is 6.08 Å². The van der Waals surface area contributed by atoms with Crippen molar-refractivity contribution in [3.05, 3.63) is 142 Å². The van der Waals surface area contributed by atoms with Gasteiger partial charge in [0.2, 0.25) is 23.1 Å². The molecule has 0 atom stereocenters. The highest BCUT2D eigenvalue weighted by Crippen LogP contribution is 2.28. The molecule has 0 aromatic heterocycles. The summed E-state index contributed by atoms with van der Waals surface area (Å²) in [6, 6.07) is 0. The average molecular weight is 823 g/mol. The molecule has 0 unspecified atom stereocenters. The number of carbonyl (C=O) groups excluding carboxylic acids is 2. The van der Waals surface area contributed by atoms with Crippen LogP contribution in [0.4, 0.5) is 0 Å². The fourth-order valence-electron chi connectivity index (χ4n) is 6.39. The largest absolute Gasteiger partial charge is 0.489 e. The van der Waals surface area contributed by atoms with E-state index in [-0.39, 0.29) is 23.1 Å². The zero-order valence-electron chi connectivity index (χ0n) is 40.2. The second-order valence-electron chi connectivity index (χ2n) is 16.2. The summed E-state index contributed by atoms with van der Waals surface area (Å²) < 4.78 is 10.3. The molecule has 0 N–H and O–H groups in total. The summed E-state index contributed by atoms with van der Waals surface area (Å²) in [4.78, 5) is 25.3. The smallest absolute Gasteiger partial charge is 0.228 e. The van der Waals surface area contributed by atoms with Gasteiger partial charge < -0.3 is 9.47 Å². The summed E-state index contributed by atoms with van der Waals surface area (Å²) in [7, 11) is 2.77. The molecule has 1 aliphatic rings. The number of ketones is 2. The van der Waals surface area contributed by atoms with E-state index in [1.54, 1.807) is 6.92 Å². The third-order valence-electron chi connectivity index (χ3n) is 10.3. The predicted molar refractivity (Wildman–Crippen MR) is 263 cm³/mol. The summed E-state index contributed by atoms with van der Waals surface area (Å²) in [5.41, 5.74) is 8.00. The Hall–Kier alpha value is -4.18. The first-order valence-corrected chi connectivity index (χ1v) is 23.0. The molecule has 1 aliphatic carbocycles. The minimum Gasteiger partial charge on any atom is -0.489 e. The molecular weight excluding hydrogens is 737 g/mol. The number of hydrogen-bond donors (Lipinski definition) is 0. The zero-order valence-corrected chi connectivity index (χ0v) is 40.2. The van der Waals surface area contributed by atoms with E-state index in [4.69, 9.17) is 9.47 Å². The summed E-state index contributed by atoms with van der Waals surface area (Å²) in [5, 5.41) is 0. The van der Waals surface area contributed by atoms with Crippen LogP contribution in [0.2, 0.25) is 0 Å². The summed E-state index contributed by atoms with van der Waals surface area (Å²) >= 11 is 0. The number of methoxy groups -OCH3 is 2. The van der Waals surface area contributed by atoms with Crippen molar-refractivity contribution >= 4 is 11.6 Å². The highest BCUT2D eigenvalue weighted by molar-refractivity contribution is 6.23. The van der Waals surface area contributed by atoms with Gasteiger partial charge >= 0.3 is 0 Å². The fraction of sp³-hybridized carbons (Fsp3) is 0.536. The van der Waals surface area contributed by atoms with Gasteiger partial charge in [-0.1, -0.05) is 132 Å². The summed E-state index contributed by atoms with van der Waals surface area (Å²) in [6.07, 6.45) is 55.0. The van der Waals surface area contributed by atoms with E-state index in [2.05, 4.69) is 140 Å². The standard InChI is InChI=1S/C37H54O4.C19H32/c1-7-8-9-10-11-12-13-14-15-16-17-18-19-20-21-22-23-25-30(2)26-24-27-31(3)28-29-33-32(4)34(38)36(40-5)37(41-6)35(33)39;1-6-7-8-9-13-18(4)15-11-16-19(5)14-10-12-17(2)3/h9-10,13-14,17-18,21-22,26,28H,7-8,11-12,15-16,19-20,23-25,27,29H2,1-6H3;6-7,12-13,16H,8-11,14-15H2,1-5H3/b10-9+,14-13+,18-17+,22-21+,30-26+,31-28+;7-6+,18-13+,19-16+. The van der Waals surface area contributed by atoms with E-state index in [9.17, 15) is 9.59 Å². The molecule has 0 saturated carbocycles. The molecule has 0 spiro atoms. The Bertz CT molecular complexity index is 1600. The summed E-state index contributed by atoms with van der Waals surface area (Å²) in [5.74, 6) is -0.569. The highest BCUT2D eigenvalue weighted by Gasteiger charge is 2.34. The van der Waals surface area contributed by atoms with Gasteiger partial charge in [0, 0.05) is 11.1 Å². The lowest BCUT2D eigenvalue weighted by atomic mass is 9.90. The topological polar surface area (TPSA) is 52.6 Å². The molecule has 0 aliphatic heterocycles. The van der Waals surface area contributed by atoms with Gasteiger partial charge in [0.15, 0.2) is 0 Å². The van der Waals surface area contributed by atoms with E-state index in [1.165, 1.54) is 93.5 Å². The maximum atomic E-state index is 12.8. The molecule has 60 heavy (non-hydrogen) atoms. The Morgan fingerprint density at radius 2 is 0.817 bits per heavy atom. The average Bonchev–Trinajstić information content (AvgIpc) is 3.22. The van der Waals surface area contributed by atoms with Gasteiger partial charge in [-0.25, -0.2) is 0 Å². The Balaban J connectivity index is 0.00000153. The third-order valence-corrected chi connectivity index (χ3v) is 10.3. The lowest BCUT2D eigenvalue weighted by Crippen LogP contribution is -2.24.